The fourth-order valence-corrected chi connectivity index (χ4v) is 10.6. The molecule has 4 heterocycles. The third kappa shape index (κ3) is 8.81. The van der Waals surface area contributed by atoms with Crippen molar-refractivity contribution < 1.29 is 35.4 Å². The summed E-state index contributed by atoms with van der Waals surface area (Å²) in [6, 6.07) is 11.0. The Kier molecular flexibility index (Phi) is 12.7. The van der Waals surface area contributed by atoms with E-state index in [1.54, 1.807) is 20.7 Å². The largest absolute Gasteiger partial charge is 0.378 e. The van der Waals surface area contributed by atoms with Crippen LogP contribution in [0.15, 0.2) is 55.2 Å². The Balaban J connectivity index is 0.863. The molecule has 54 heavy (non-hydrogen) atoms. The summed E-state index contributed by atoms with van der Waals surface area (Å²) >= 11 is 0. The van der Waals surface area contributed by atoms with Gasteiger partial charge in [-0.25, -0.2) is 16.8 Å². The number of piperazine rings is 2. The molecule has 294 valence electrons. The lowest BCUT2D eigenvalue weighted by atomic mass is 10.0. The van der Waals surface area contributed by atoms with Crippen molar-refractivity contribution in [3.05, 3.63) is 70.4 Å². The number of sulfonamides is 2. The lowest BCUT2D eigenvalue weighted by Gasteiger charge is -2.34. The molecule has 14 nitrogen and oxygen atoms in total. The molecule has 2 aromatic heterocycles. The van der Waals surface area contributed by atoms with E-state index in [9.17, 15) is 16.8 Å². The number of hydrogen-bond donors (Lipinski definition) is 0. The van der Waals surface area contributed by atoms with Crippen LogP contribution in [0.5, 0.6) is 0 Å². The lowest BCUT2D eigenvalue weighted by Crippen LogP contribution is -2.49. The van der Waals surface area contributed by atoms with Crippen molar-refractivity contribution in [3.8, 4) is 22.3 Å². The minimum atomic E-state index is -3.66. The van der Waals surface area contributed by atoms with E-state index in [1.165, 1.54) is 0 Å². The predicted octanol–water partition coefficient (Wildman–Crippen LogP) is 4.19. The highest BCUT2D eigenvalue weighted by Gasteiger charge is 2.32. The van der Waals surface area contributed by atoms with Crippen molar-refractivity contribution in [3.63, 3.8) is 0 Å². The van der Waals surface area contributed by atoms with E-state index >= 15 is 0 Å². The van der Waals surface area contributed by atoms with Crippen molar-refractivity contribution in [2.75, 3.05) is 91.9 Å². The first-order valence-corrected chi connectivity index (χ1v) is 21.3. The molecule has 0 N–H and O–H groups in total. The highest BCUT2D eigenvalue weighted by molar-refractivity contribution is 7.89. The topological polar surface area (TPSA) is 152 Å². The number of aryl methyl sites for hydroxylation is 6. The zero-order valence-electron chi connectivity index (χ0n) is 32.1. The lowest BCUT2D eigenvalue weighted by molar-refractivity contribution is 0.0261. The molecule has 0 bridgehead atoms. The molecule has 0 spiro atoms. The number of ether oxygens (including phenoxy) is 2. The van der Waals surface area contributed by atoms with Crippen LogP contribution in [0, 0.1) is 41.5 Å². The molecule has 6 rings (SSSR count). The Labute approximate surface area is 319 Å². The van der Waals surface area contributed by atoms with Gasteiger partial charge in [0.2, 0.25) is 20.0 Å². The van der Waals surface area contributed by atoms with Gasteiger partial charge in [-0.2, -0.15) is 8.61 Å². The van der Waals surface area contributed by atoms with E-state index in [4.69, 9.17) is 18.5 Å². The van der Waals surface area contributed by atoms with Gasteiger partial charge in [0, 0.05) is 76.6 Å². The highest BCUT2D eigenvalue weighted by Crippen LogP contribution is 2.33. The van der Waals surface area contributed by atoms with Crippen LogP contribution in [0.4, 0.5) is 0 Å². The summed E-state index contributed by atoms with van der Waals surface area (Å²) in [6.07, 6.45) is 0. The van der Waals surface area contributed by atoms with E-state index in [0.29, 0.717) is 124 Å². The van der Waals surface area contributed by atoms with Crippen LogP contribution in [0.25, 0.3) is 22.3 Å². The molecule has 0 atom stereocenters. The molecule has 0 aliphatic carbocycles. The molecule has 0 unspecified atom stereocenters. The fraction of sp³-hybridized carbons (Fsp3) is 0.526. The standard InChI is InChI=1S/C38H52N6O8S2/c1-27-7-9-33(37-29(3)39-51-31(37)5)25-35(27)53(45,46)43-15-11-41(12-16-43)19-21-49-23-24-50-22-20-42-13-17-44(18-14-42)54(47,48)36-26-34(10-8-28(36)2)38-30(4)40-52-32(38)6/h7-10,25-26H,11-24H2,1-6H3. The van der Waals surface area contributed by atoms with E-state index in [2.05, 4.69) is 20.1 Å². The minimum Gasteiger partial charge on any atom is -0.378 e. The van der Waals surface area contributed by atoms with E-state index in [-0.39, 0.29) is 0 Å². The molecule has 2 aromatic carbocycles. The van der Waals surface area contributed by atoms with Crippen molar-refractivity contribution in [1.29, 1.82) is 0 Å². The maximum Gasteiger partial charge on any atom is 0.243 e. The molecule has 0 radical (unpaired) electrons. The first-order chi connectivity index (χ1) is 25.8. The molecule has 0 amide bonds. The van der Waals surface area contributed by atoms with E-state index < -0.39 is 20.0 Å². The molecule has 2 saturated heterocycles. The van der Waals surface area contributed by atoms with Crippen LogP contribution < -0.4 is 0 Å². The van der Waals surface area contributed by atoms with Crippen molar-refractivity contribution in [1.82, 2.24) is 28.7 Å². The number of rotatable bonds is 15. The molecular weight excluding hydrogens is 733 g/mol. The van der Waals surface area contributed by atoms with Crippen LogP contribution in [0.2, 0.25) is 0 Å². The molecule has 0 saturated carbocycles. The van der Waals surface area contributed by atoms with Gasteiger partial charge in [0.05, 0.1) is 47.6 Å². The van der Waals surface area contributed by atoms with Gasteiger partial charge in [-0.15, -0.1) is 0 Å². The predicted molar refractivity (Wildman–Crippen MR) is 204 cm³/mol. The summed E-state index contributed by atoms with van der Waals surface area (Å²) in [4.78, 5) is 5.07. The molecule has 2 aliphatic rings. The zero-order chi connectivity index (χ0) is 38.6. The minimum absolute atomic E-state index is 0.314. The van der Waals surface area contributed by atoms with Gasteiger partial charge in [-0.3, -0.25) is 9.80 Å². The third-order valence-electron chi connectivity index (χ3n) is 10.4. The Morgan fingerprint density at radius 3 is 1.26 bits per heavy atom. The number of hydrogen-bond acceptors (Lipinski definition) is 12. The maximum absolute atomic E-state index is 13.7. The average molecular weight is 785 g/mol. The SMILES string of the molecule is Cc1ccc(-c2c(C)noc2C)cc1S(=O)(=O)N1CCN(CCOCCOCCN2CCN(S(=O)(=O)c3cc(-c4c(C)noc4C)ccc3C)CC2)CC1. The second-order valence-electron chi connectivity index (χ2n) is 14.1. The Morgan fingerprint density at radius 2 is 0.926 bits per heavy atom. The quantitative estimate of drug-likeness (QED) is 0.159. The maximum atomic E-state index is 13.7. The molecule has 16 heteroatoms. The van der Waals surface area contributed by atoms with Crippen molar-refractivity contribution in [2.45, 2.75) is 51.3 Å². The Hall–Kier alpha value is -3.48. The van der Waals surface area contributed by atoms with Crippen LogP contribution >= 0.6 is 0 Å². The van der Waals surface area contributed by atoms with Gasteiger partial charge in [0.1, 0.15) is 11.5 Å². The summed E-state index contributed by atoms with van der Waals surface area (Å²) in [5, 5.41) is 8.04. The highest BCUT2D eigenvalue weighted by atomic mass is 32.2. The summed E-state index contributed by atoms with van der Waals surface area (Å²) in [6.45, 7) is 18.6. The van der Waals surface area contributed by atoms with E-state index in [1.807, 2.05) is 65.8 Å². The van der Waals surface area contributed by atoms with Gasteiger partial charge in [-0.1, -0.05) is 34.6 Å². The van der Waals surface area contributed by atoms with Gasteiger partial charge in [-0.05, 0) is 75.9 Å². The smallest absolute Gasteiger partial charge is 0.243 e. The van der Waals surface area contributed by atoms with E-state index in [0.717, 1.165) is 33.6 Å². The first kappa shape index (κ1) is 40.2. The summed E-state index contributed by atoms with van der Waals surface area (Å²) in [7, 11) is -7.33. The second-order valence-corrected chi connectivity index (χ2v) is 17.9. The van der Waals surface area contributed by atoms with Gasteiger partial charge in [0.15, 0.2) is 0 Å². The zero-order valence-corrected chi connectivity index (χ0v) is 33.8. The van der Waals surface area contributed by atoms with Gasteiger partial charge >= 0.3 is 0 Å². The summed E-state index contributed by atoms with van der Waals surface area (Å²) in [5.41, 5.74) is 6.10. The fourth-order valence-electron chi connectivity index (χ4n) is 7.23. The van der Waals surface area contributed by atoms with Gasteiger partial charge in [0.25, 0.3) is 0 Å². The Bertz CT molecular complexity index is 1940. The molecular formula is C38H52N6O8S2. The third-order valence-corrected chi connectivity index (χ3v) is 14.5. The number of aromatic nitrogens is 2. The van der Waals surface area contributed by atoms with Crippen LogP contribution in [-0.4, -0.2) is 137 Å². The monoisotopic (exact) mass is 784 g/mol. The van der Waals surface area contributed by atoms with Gasteiger partial charge < -0.3 is 18.5 Å². The summed E-state index contributed by atoms with van der Waals surface area (Å²) < 4.78 is 80.1. The summed E-state index contributed by atoms with van der Waals surface area (Å²) in [5.74, 6) is 1.32. The second kappa shape index (κ2) is 17.1. The van der Waals surface area contributed by atoms with Crippen LogP contribution in [0.3, 0.4) is 0 Å². The number of benzene rings is 2. The van der Waals surface area contributed by atoms with Crippen molar-refractivity contribution in [2.24, 2.45) is 0 Å². The molecule has 4 aromatic rings. The van der Waals surface area contributed by atoms with Crippen LogP contribution in [-0.2, 0) is 29.5 Å². The average Bonchev–Trinajstić information content (AvgIpc) is 3.68. The Morgan fingerprint density at radius 1 is 0.556 bits per heavy atom. The molecule has 2 aliphatic heterocycles. The normalized spacial score (nSPS) is 17.1. The van der Waals surface area contributed by atoms with Crippen molar-refractivity contribution >= 4 is 20.0 Å². The molecule has 2 fully saturated rings. The van der Waals surface area contributed by atoms with Crippen LogP contribution in [0.1, 0.15) is 34.0 Å². The first-order valence-electron chi connectivity index (χ1n) is 18.5. The number of nitrogens with zero attached hydrogens (tertiary/aromatic N) is 6.